The summed E-state index contributed by atoms with van der Waals surface area (Å²) in [6.07, 6.45) is 12.1. The van der Waals surface area contributed by atoms with Crippen LogP contribution in [0.2, 0.25) is 0 Å². The van der Waals surface area contributed by atoms with Crippen molar-refractivity contribution >= 4 is 44.7 Å². The van der Waals surface area contributed by atoms with Gasteiger partial charge in [0.2, 0.25) is 10.0 Å². The Morgan fingerprint density at radius 3 is 2.61 bits per heavy atom. The van der Waals surface area contributed by atoms with Crippen molar-refractivity contribution in [3.05, 3.63) is 51.0 Å². The van der Waals surface area contributed by atoms with E-state index in [1.54, 1.807) is 6.08 Å². The summed E-state index contributed by atoms with van der Waals surface area (Å²) in [5.74, 6) is -0.487. The molecule has 5 nitrogen and oxygen atoms in total. The molecule has 0 spiro atoms. The number of unbranched alkanes of at least 4 members (excludes halogenated alkanes) is 1. The van der Waals surface area contributed by atoms with E-state index in [4.69, 9.17) is 5.11 Å². The molecule has 0 aromatic heterocycles. The highest BCUT2D eigenvalue weighted by molar-refractivity contribution is 14.1. The molecule has 0 bridgehead atoms. The van der Waals surface area contributed by atoms with Crippen LogP contribution in [0.3, 0.4) is 0 Å². The van der Waals surface area contributed by atoms with Crippen LogP contribution in [0.1, 0.15) is 56.9 Å². The number of carbonyl (C=O) groups is 1. The molecule has 1 aliphatic carbocycles. The van der Waals surface area contributed by atoms with Crippen molar-refractivity contribution in [1.82, 2.24) is 4.72 Å². The minimum Gasteiger partial charge on any atom is -0.481 e. The Hall–Kier alpha value is -1.19. The van der Waals surface area contributed by atoms with E-state index in [0.717, 1.165) is 47.7 Å². The van der Waals surface area contributed by atoms with Crippen LogP contribution in [0.25, 0.3) is 6.08 Å². The van der Waals surface area contributed by atoms with Gasteiger partial charge in [-0.2, -0.15) is 0 Å². The fourth-order valence-electron chi connectivity index (χ4n) is 3.40. The highest BCUT2D eigenvalue weighted by Gasteiger charge is 2.27. The number of rotatable bonds is 10. The highest BCUT2D eigenvalue weighted by atomic mass is 127. The van der Waals surface area contributed by atoms with Crippen LogP contribution in [0, 0.1) is 9.49 Å². The first-order valence-electron chi connectivity index (χ1n) is 9.68. The van der Waals surface area contributed by atoms with E-state index in [1.807, 2.05) is 30.3 Å². The summed E-state index contributed by atoms with van der Waals surface area (Å²) in [7, 11) is -3.49. The Morgan fingerprint density at radius 1 is 1.18 bits per heavy atom. The standard InChI is InChI=1S/C21H28INO4S/c22-19-13-11-17(12-14-19)15-16-28(26,27)23-20-9-6-5-8-18(20)7-3-1-2-4-10-21(24)25/h1,3,11-16,18,20,23H,2,4-10H2,(H,24,25). The summed E-state index contributed by atoms with van der Waals surface area (Å²) in [5, 5.41) is 9.90. The number of carboxylic acid groups (broad SMARTS) is 1. The van der Waals surface area contributed by atoms with Gasteiger partial charge in [-0.1, -0.05) is 37.1 Å². The molecule has 1 fully saturated rings. The number of sulfonamides is 1. The number of aliphatic carboxylic acids is 1. The van der Waals surface area contributed by atoms with Crippen LogP contribution in [-0.4, -0.2) is 25.5 Å². The lowest BCUT2D eigenvalue weighted by atomic mass is 9.83. The smallest absolute Gasteiger partial charge is 0.303 e. The first-order valence-corrected chi connectivity index (χ1v) is 12.3. The number of allylic oxidation sites excluding steroid dienone is 2. The monoisotopic (exact) mass is 517 g/mol. The first-order chi connectivity index (χ1) is 13.4. The molecular formula is C21H28INO4S. The average Bonchev–Trinajstić information content (AvgIpc) is 2.65. The van der Waals surface area contributed by atoms with Gasteiger partial charge in [-0.3, -0.25) is 4.79 Å². The van der Waals surface area contributed by atoms with E-state index in [0.29, 0.717) is 6.42 Å². The van der Waals surface area contributed by atoms with E-state index in [2.05, 4.69) is 33.4 Å². The van der Waals surface area contributed by atoms with E-state index in [-0.39, 0.29) is 18.4 Å². The largest absolute Gasteiger partial charge is 0.481 e. The highest BCUT2D eigenvalue weighted by Crippen LogP contribution is 2.28. The quantitative estimate of drug-likeness (QED) is 0.262. The number of nitrogens with one attached hydrogen (secondary N) is 1. The number of carboxylic acids is 1. The van der Waals surface area contributed by atoms with E-state index >= 15 is 0 Å². The summed E-state index contributed by atoms with van der Waals surface area (Å²) < 4.78 is 29.0. The second-order valence-corrected chi connectivity index (χ2v) is 10.0. The van der Waals surface area contributed by atoms with Gasteiger partial charge in [-0.05, 0) is 84.4 Å². The Morgan fingerprint density at radius 2 is 1.89 bits per heavy atom. The van der Waals surface area contributed by atoms with Crippen molar-refractivity contribution in [2.45, 2.75) is 57.4 Å². The summed E-state index contributed by atoms with van der Waals surface area (Å²) in [6.45, 7) is 0. The Bertz CT molecular complexity index is 787. The molecule has 28 heavy (non-hydrogen) atoms. The van der Waals surface area contributed by atoms with Crippen LogP contribution in [0.5, 0.6) is 0 Å². The van der Waals surface area contributed by atoms with Gasteiger partial charge in [0, 0.05) is 21.4 Å². The van der Waals surface area contributed by atoms with E-state index < -0.39 is 16.0 Å². The zero-order chi connectivity index (χ0) is 20.4. The van der Waals surface area contributed by atoms with Crippen molar-refractivity contribution in [3.8, 4) is 0 Å². The van der Waals surface area contributed by atoms with Gasteiger partial charge < -0.3 is 5.11 Å². The van der Waals surface area contributed by atoms with Crippen molar-refractivity contribution in [3.63, 3.8) is 0 Å². The molecule has 2 atom stereocenters. The van der Waals surface area contributed by atoms with Gasteiger partial charge in [-0.25, -0.2) is 13.1 Å². The normalized spacial score (nSPS) is 20.8. The van der Waals surface area contributed by atoms with Gasteiger partial charge in [0.05, 0.1) is 0 Å². The third-order valence-corrected chi connectivity index (χ3v) is 6.75. The minimum atomic E-state index is -3.49. The second kappa shape index (κ2) is 11.7. The Labute approximate surface area is 181 Å². The maximum atomic E-state index is 12.5. The molecule has 1 saturated carbocycles. The number of hydrogen-bond acceptors (Lipinski definition) is 3. The lowest BCUT2D eigenvalue weighted by molar-refractivity contribution is -0.137. The molecule has 1 aliphatic rings. The summed E-state index contributed by atoms with van der Waals surface area (Å²) in [6, 6.07) is 7.63. The molecule has 0 radical (unpaired) electrons. The molecule has 1 aromatic rings. The molecule has 0 amide bonds. The molecule has 154 valence electrons. The number of hydrogen-bond donors (Lipinski definition) is 2. The van der Waals surface area contributed by atoms with Crippen molar-refractivity contribution in [2.75, 3.05) is 0 Å². The zero-order valence-electron chi connectivity index (χ0n) is 15.9. The molecular weight excluding hydrogens is 489 g/mol. The zero-order valence-corrected chi connectivity index (χ0v) is 18.9. The summed E-state index contributed by atoms with van der Waals surface area (Å²) >= 11 is 2.21. The van der Waals surface area contributed by atoms with Crippen LogP contribution in [-0.2, 0) is 14.8 Å². The molecule has 2 N–H and O–H groups in total. The maximum Gasteiger partial charge on any atom is 0.303 e. The number of halogens is 1. The fourth-order valence-corrected chi connectivity index (χ4v) is 4.90. The van der Waals surface area contributed by atoms with Crippen molar-refractivity contribution in [2.24, 2.45) is 5.92 Å². The van der Waals surface area contributed by atoms with Gasteiger partial charge in [0.1, 0.15) is 0 Å². The van der Waals surface area contributed by atoms with Crippen molar-refractivity contribution in [1.29, 1.82) is 0 Å². The van der Waals surface area contributed by atoms with Gasteiger partial charge in [0.25, 0.3) is 0 Å². The van der Waals surface area contributed by atoms with Gasteiger partial charge in [-0.15, -0.1) is 0 Å². The van der Waals surface area contributed by atoms with E-state index in [9.17, 15) is 13.2 Å². The molecule has 0 saturated heterocycles. The third-order valence-electron chi connectivity index (χ3n) is 4.90. The SMILES string of the molecule is O=C(O)CCCC=CCC1CCCCC1NS(=O)(=O)C=Cc1ccc(I)cc1. The molecule has 1 aromatic carbocycles. The predicted molar refractivity (Wildman–Crippen MR) is 121 cm³/mol. The van der Waals surface area contributed by atoms with Crippen LogP contribution < -0.4 is 4.72 Å². The van der Waals surface area contributed by atoms with Crippen molar-refractivity contribution < 1.29 is 18.3 Å². The number of benzene rings is 1. The maximum absolute atomic E-state index is 12.5. The summed E-state index contributed by atoms with van der Waals surface area (Å²) in [4.78, 5) is 10.5. The predicted octanol–water partition coefficient (Wildman–Crippen LogP) is 4.94. The van der Waals surface area contributed by atoms with Crippen LogP contribution >= 0.6 is 22.6 Å². The molecule has 0 heterocycles. The van der Waals surface area contributed by atoms with Crippen LogP contribution in [0.15, 0.2) is 41.8 Å². The molecule has 2 unspecified atom stereocenters. The van der Waals surface area contributed by atoms with Gasteiger partial charge >= 0.3 is 5.97 Å². The molecule has 2 rings (SSSR count). The summed E-state index contributed by atoms with van der Waals surface area (Å²) in [5.41, 5.74) is 0.857. The Kier molecular flexibility index (Phi) is 9.67. The molecule has 0 aliphatic heterocycles. The fraction of sp³-hybridized carbons (Fsp3) is 0.476. The van der Waals surface area contributed by atoms with E-state index in [1.165, 1.54) is 5.41 Å². The lowest BCUT2D eigenvalue weighted by Gasteiger charge is -2.31. The molecule has 7 heteroatoms. The average molecular weight is 517 g/mol. The second-order valence-electron chi connectivity index (χ2n) is 7.16. The third kappa shape index (κ3) is 8.87. The lowest BCUT2D eigenvalue weighted by Crippen LogP contribution is -2.41. The van der Waals surface area contributed by atoms with Gasteiger partial charge in [0.15, 0.2) is 0 Å². The minimum absolute atomic E-state index is 0.0520. The topological polar surface area (TPSA) is 83.5 Å². The first kappa shape index (κ1) is 23.1. The Balaban J connectivity index is 1.88. The van der Waals surface area contributed by atoms with Crippen LogP contribution in [0.4, 0.5) is 0 Å².